The van der Waals surface area contributed by atoms with E-state index in [-0.39, 0.29) is 0 Å². The molecule has 1 N–H and O–H groups in total. The molecule has 106 valence electrons. The van der Waals surface area contributed by atoms with Gasteiger partial charge in [0.1, 0.15) is 5.75 Å². The summed E-state index contributed by atoms with van der Waals surface area (Å²) in [6.07, 6.45) is 1.03. The number of aryl methyl sites for hydroxylation is 1. The van der Waals surface area contributed by atoms with Crippen molar-refractivity contribution in [2.75, 3.05) is 11.9 Å². The van der Waals surface area contributed by atoms with E-state index in [2.05, 4.69) is 62.5 Å². The second-order valence-electron chi connectivity index (χ2n) is 5.10. The molecule has 0 spiro atoms. The molecular formula is C18H23NO. The smallest absolute Gasteiger partial charge is 0.119 e. The standard InChI is InChI=1S/C18H23NO/c1-4-13-20-17-11-9-16(10-12-17)19-15(3)18-8-6-5-7-14(18)2/h5-12,15,19H,4,13H2,1-3H3. The first-order valence-electron chi connectivity index (χ1n) is 7.25. The monoisotopic (exact) mass is 269 g/mol. The Morgan fingerprint density at radius 3 is 2.40 bits per heavy atom. The Bertz CT molecular complexity index is 533. The summed E-state index contributed by atoms with van der Waals surface area (Å²) >= 11 is 0. The average Bonchev–Trinajstić information content (AvgIpc) is 2.47. The van der Waals surface area contributed by atoms with Crippen molar-refractivity contribution in [1.29, 1.82) is 0 Å². The minimum Gasteiger partial charge on any atom is -0.494 e. The van der Waals surface area contributed by atoms with E-state index in [0.29, 0.717) is 6.04 Å². The molecule has 2 aromatic carbocycles. The highest BCUT2D eigenvalue weighted by Crippen LogP contribution is 2.23. The number of hydrogen-bond acceptors (Lipinski definition) is 2. The van der Waals surface area contributed by atoms with Gasteiger partial charge < -0.3 is 10.1 Å². The van der Waals surface area contributed by atoms with Gasteiger partial charge in [-0.1, -0.05) is 31.2 Å². The predicted octanol–water partition coefficient (Wildman–Crippen LogP) is 4.96. The van der Waals surface area contributed by atoms with Crippen LogP contribution in [0.25, 0.3) is 0 Å². The van der Waals surface area contributed by atoms with Crippen LogP contribution in [0.2, 0.25) is 0 Å². The fourth-order valence-corrected chi connectivity index (χ4v) is 2.27. The first kappa shape index (κ1) is 14.4. The molecule has 2 heteroatoms. The van der Waals surface area contributed by atoms with Gasteiger partial charge in [0.05, 0.1) is 6.61 Å². The highest BCUT2D eigenvalue weighted by molar-refractivity contribution is 5.48. The Morgan fingerprint density at radius 2 is 1.75 bits per heavy atom. The van der Waals surface area contributed by atoms with Crippen LogP contribution in [-0.2, 0) is 0 Å². The van der Waals surface area contributed by atoms with E-state index >= 15 is 0 Å². The van der Waals surface area contributed by atoms with E-state index in [0.717, 1.165) is 24.5 Å². The largest absolute Gasteiger partial charge is 0.494 e. The van der Waals surface area contributed by atoms with Gasteiger partial charge in [-0.25, -0.2) is 0 Å². The third-order valence-electron chi connectivity index (χ3n) is 3.37. The third-order valence-corrected chi connectivity index (χ3v) is 3.37. The normalized spacial score (nSPS) is 11.9. The molecule has 2 rings (SSSR count). The Labute approximate surface area is 121 Å². The molecule has 0 saturated heterocycles. The van der Waals surface area contributed by atoms with Crippen LogP contribution < -0.4 is 10.1 Å². The van der Waals surface area contributed by atoms with Gasteiger partial charge in [-0.15, -0.1) is 0 Å². The van der Waals surface area contributed by atoms with Crippen molar-refractivity contribution in [3.05, 3.63) is 59.7 Å². The Hall–Kier alpha value is -1.96. The van der Waals surface area contributed by atoms with Crippen LogP contribution in [0.3, 0.4) is 0 Å². The summed E-state index contributed by atoms with van der Waals surface area (Å²) in [5, 5.41) is 3.53. The molecule has 20 heavy (non-hydrogen) atoms. The lowest BCUT2D eigenvalue weighted by Crippen LogP contribution is -2.08. The van der Waals surface area contributed by atoms with Gasteiger partial charge in [-0.3, -0.25) is 0 Å². The van der Waals surface area contributed by atoms with E-state index in [1.54, 1.807) is 0 Å². The quantitative estimate of drug-likeness (QED) is 0.800. The summed E-state index contributed by atoms with van der Waals surface area (Å²) in [6.45, 7) is 7.21. The van der Waals surface area contributed by atoms with Gasteiger partial charge in [0.15, 0.2) is 0 Å². The summed E-state index contributed by atoms with van der Waals surface area (Å²) < 4.78 is 5.59. The second kappa shape index (κ2) is 6.99. The molecule has 0 fully saturated rings. The molecular weight excluding hydrogens is 246 g/mol. The van der Waals surface area contributed by atoms with Crippen LogP contribution >= 0.6 is 0 Å². The minimum atomic E-state index is 0.290. The highest BCUT2D eigenvalue weighted by Gasteiger charge is 2.07. The van der Waals surface area contributed by atoms with Crippen molar-refractivity contribution >= 4 is 5.69 Å². The van der Waals surface area contributed by atoms with Crippen LogP contribution in [-0.4, -0.2) is 6.61 Å². The highest BCUT2D eigenvalue weighted by atomic mass is 16.5. The molecule has 0 aliphatic rings. The zero-order valence-electron chi connectivity index (χ0n) is 12.5. The molecule has 1 unspecified atom stereocenters. The molecule has 0 aliphatic carbocycles. The molecule has 0 aliphatic heterocycles. The summed E-state index contributed by atoms with van der Waals surface area (Å²) in [6, 6.07) is 16.9. The molecule has 0 aromatic heterocycles. The number of ether oxygens (including phenoxy) is 1. The zero-order valence-corrected chi connectivity index (χ0v) is 12.5. The predicted molar refractivity (Wildman–Crippen MR) is 85.4 cm³/mol. The molecule has 0 bridgehead atoms. The van der Waals surface area contributed by atoms with E-state index in [4.69, 9.17) is 4.74 Å². The van der Waals surface area contributed by atoms with Crippen molar-refractivity contribution in [2.45, 2.75) is 33.2 Å². The lowest BCUT2D eigenvalue weighted by atomic mass is 10.0. The third kappa shape index (κ3) is 3.77. The second-order valence-corrected chi connectivity index (χ2v) is 5.10. The van der Waals surface area contributed by atoms with Gasteiger partial charge >= 0.3 is 0 Å². The fourth-order valence-electron chi connectivity index (χ4n) is 2.27. The van der Waals surface area contributed by atoms with Crippen molar-refractivity contribution in [3.8, 4) is 5.75 Å². The molecule has 0 amide bonds. The van der Waals surface area contributed by atoms with Gasteiger partial charge in [0.25, 0.3) is 0 Å². The maximum Gasteiger partial charge on any atom is 0.119 e. The number of anilines is 1. The molecule has 0 radical (unpaired) electrons. The van der Waals surface area contributed by atoms with E-state index in [9.17, 15) is 0 Å². The first-order chi connectivity index (χ1) is 9.70. The zero-order chi connectivity index (χ0) is 14.4. The molecule has 2 aromatic rings. The number of hydrogen-bond donors (Lipinski definition) is 1. The van der Waals surface area contributed by atoms with Crippen LogP contribution in [0.5, 0.6) is 5.75 Å². The van der Waals surface area contributed by atoms with Crippen molar-refractivity contribution in [1.82, 2.24) is 0 Å². The van der Waals surface area contributed by atoms with Gasteiger partial charge in [0, 0.05) is 11.7 Å². The topological polar surface area (TPSA) is 21.3 Å². The Morgan fingerprint density at radius 1 is 1.05 bits per heavy atom. The average molecular weight is 269 g/mol. The van der Waals surface area contributed by atoms with Gasteiger partial charge in [-0.05, 0) is 55.7 Å². The number of benzene rings is 2. The van der Waals surface area contributed by atoms with Crippen molar-refractivity contribution in [2.24, 2.45) is 0 Å². The SMILES string of the molecule is CCCOc1ccc(NC(C)c2ccccc2C)cc1. The lowest BCUT2D eigenvalue weighted by Gasteiger charge is -2.18. The molecule has 1 atom stereocenters. The van der Waals surface area contributed by atoms with Crippen LogP contribution in [0.4, 0.5) is 5.69 Å². The maximum absolute atomic E-state index is 5.59. The van der Waals surface area contributed by atoms with Crippen LogP contribution in [0.1, 0.15) is 37.4 Å². The van der Waals surface area contributed by atoms with Crippen LogP contribution in [0.15, 0.2) is 48.5 Å². The van der Waals surface area contributed by atoms with E-state index in [1.165, 1.54) is 11.1 Å². The summed E-state index contributed by atoms with van der Waals surface area (Å²) in [7, 11) is 0. The molecule has 2 nitrogen and oxygen atoms in total. The lowest BCUT2D eigenvalue weighted by molar-refractivity contribution is 0.317. The maximum atomic E-state index is 5.59. The molecule has 0 heterocycles. The number of nitrogens with one attached hydrogen (secondary N) is 1. The van der Waals surface area contributed by atoms with Crippen LogP contribution in [0, 0.1) is 6.92 Å². The first-order valence-corrected chi connectivity index (χ1v) is 7.25. The van der Waals surface area contributed by atoms with E-state index < -0.39 is 0 Å². The van der Waals surface area contributed by atoms with Gasteiger partial charge in [0.2, 0.25) is 0 Å². The summed E-state index contributed by atoms with van der Waals surface area (Å²) in [5.74, 6) is 0.931. The summed E-state index contributed by atoms with van der Waals surface area (Å²) in [5.41, 5.74) is 3.76. The van der Waals surface area contributed by atoms with E-state index in [1.807, 2.05) is 12.1 Å². The van der Waals surface area contributed by atoms with Crippen molar-refractivity contribution < 1.29 is 4.74 Å². The fraction of sp³-hybridized carbons (Fsp3) is 0.333. The minimum absolute atomic E-state index is 0.290. The van der Waals surface area contributed by atoms with Gasteiger partial charge in [-0.2, -0.15) is 0 Å². The Balaban J connectivity index is 2.01. The van der Waals surface area contributed by atoms with Crippen molar-refractivity contribution in [3.63, 3.8) is 0 Å². The Kier molecular flexibility index (Phi) is 5.05. The number of rotatable bonds is 6. The molecule has 0 saturated carbocycles. The summed E-state index contributed by atoms with van der Waals surface area (Å²) in [4.78, 5) is 0.